The highest BCUT2D eigenvalue weighted by molar-refractivity contribution is 6.33. The van der Waals surface area contributed by atoms with Crippen molar-refractivity contribution in [2.24, 2.45) is 0 Å². The summed E-state index contributed by atoms with van der Waals surface area (Å²) in [6, 6.07) is 2.03. The second-order valence-electron chi connectivity index (χ2n) is 6.12. The van der Waals surface area contributed by atoms with Gasteiger partial charge in [0.15, 0.2) is 0 Å². The van der Waals surface area contributed by atoms with E-state index in [2.05, 4.69) is 5.32 Å². The van der Waals surface area contributed by atoms with E-state index >= 15 is 0 Å². The van der Waals surface area contributed by atoms with Gasteiger partial charge in [-0.15, -0.1) is 0 Å². The van der Waals surface area contributed by atoms with Gasteiger partial charge in [0.2, 0.25) is 0 Å². The van der Waals surface area contributed by atoms with Crippen LogP contribution in [0.4, 0.5) is 14.9 Å². The molecule has 23 heavy (non-hydrogen) atoms. The molecule has 1 aromatic carbocycles. The van der Waals surface area contributed by atoms with E-state index in [1.54, 1.807) is 20.8 Å². The molecule has 8 heteroatoms. The maximum absolute atomic E-state index is 13.3. The normalized spacial score (nSPS) is 14.2. The number of nitrogen functional groups attached to an aromatic ring is 1. The molecule has 0 aliphatic heterocycles. The van der Waals surface area contributed by atoms with Gasteiger partial charge < -0.3 is 26.0 Å². The average Bonchev–Trinajstić information content (AvgIpc) is 2.39. The van der Waals surface area contributed by atoms with Crippen molar-refractivity contribution in [2.75, 3.05) is 12.3 Å². The number of carbonyl (C=O) groups is 1. The molecule has 130 valence electrons. The number of rotatable bonds is 5. The summed E-state index contributed by atoms with van der Waals surface area (Å²) in [4.78, 5) is 11.5. The van der Waals surface area contributed by atoms with E-state index in [0.717, 1.165) is 12.1 Å². The Morgan fingerprint density at radius 1 is 1.43 bits per heavy atom. The molecule has 1 amide bonds. The fraction of sp³-hybridized carbons (Fsp3) is 0.533. The van der Waals surface area contributed by atoms with E-state index in [1.807, 2.05) is 0 Å². The molecule has 0 spiro atoms. The topological polar surface area (TPSA) is 105 Å². The number of amides is 1. The van der Waals surface area contributed by atoms with Crippen LogP contribution in [0, 0.1) is 5.82 Å². The van der Waals surface area contributed by atoms with Gasteiger partial charge in [-0.25, -0.2) is 9.18 Å². The molecule has 0 fully saturated rings. The van der Waals surface area contributed by atoms with E-state index in [-0.39, 0.29) is 29.2 Å². The van der Waals surface area contributed by atoms with Crippen LogP contribution in [0.25, 0.3) is 0 Å². The standard InChI is InChI=1S/C15H22ClFN2O4/c1-15(2,3)23-14(22)19-5-4-11(20)13(21)9-6-8(17)7-10(16)12(9)18/h6-7,11,13,20-21H,4-5,18H2,1-3H3,(H,19,22). The number of hydrogen-bond acceptors (Lipinski definition) is 5. The fourth-order valence-corrected chi connectivity index (χ4v) is 2.06. The summed E-state index contributed by atoms with van der Waals surface area (Å²) >= 11 is 5.74. The lowest BCUT2D eigenvalue weighted by atomic mass is 10.0. The molecule has 6 nitrogen and oxygen atoms in total. The van der Waals surface area contributed by atoms with Crippen LogP contribution in [0.5, 0.6) is 0 Å². The third-order valence-electron chi connectivity index (χ3n) is 2.92. The minimum Gasteiger partial charge on any atom is -0.444 e. The van der Waals surface area contributed by atoms with Crippen molar-refractivity contribution in [1.82, 2.24) is 5.32 Å². The van der Waals surface area contributed by atoms with Crippen molar-refractivity contribution in [1.29, 1.82) is 0 Å². The molecular weight excluding hydrogens is 327 g/mol. The molecule has 0 heterocycles. The molecule has 1 rings (SSSR count). The first-order valence-corrected chi connectivity index (χ1v) is 7.46. The molecule has 0 aliphatic rings. The highest BCUT2D eigenvalue weighted by Gasteiger charge is 2.23. The smallest absolute Gasteiger partial charge is 0.407 e. The molecular formula is C15H22ClFN2O4. The number of carbonyl (C=O) groups excluding carboxylic acids is 1. The largest absolute Gasteiger partial charge is 0.444 e. The number of halogens is 2. The van der Waals surface area contributed by atoms with Gasteiger partial charge >= 0.3 is 6.09 Å². The molecule has 0 bridgehead atoms. The van der Waals surface area contributed by atoms with Crippen molar-refractivity contribution < 1.29 is 24.1 Å². The summed E-state index contributed by atoms with van der Waals surface area (Å²) in [5, 5.41) is 22.4. The molecule has 0 radical (unpaired) electrons. The predicted octanol–water partition coefficient (Wildman–Crippen LogP) is 2.37. The zero-order valence-electron chi connectivity index (χ0n) is 13.3. The maximum atomic E-state index is 13.3. The van der Waals surface area contributed by atoms with Crippen molar-refractivity contribution >= 4 is 23.4 Å². The maximum Gasteiger partial charge on any atom is 0.407 e. The van der Waals surface area contributed by atoms with Gasteiger partial charge in [0.05, 0.1) is 16.8 Å². The Kier molecular flexibility index (Phi) is 6.61. The number of aliphatic hydroxyl groups is 2. The molecule has 0 saturated carbocycles. The third kappa shape index (κ3) is 6.21. The van der Waals surface area contributed by atoms with Gasteiger partial charge in [-0.1, -0.05) is 11.6 Å². The molecule has 0 aromatic heterocycles. The number of nitrogens with two attached hydrogens (primary N) is 1. The number of benzene rings is 1. The number of alkyl carbamates (subject to hydrolysis) is 1. The molecule has 2 atom stereocenters. The summed E-state index contributed by atoms with van der Waals surface area (Å²) in [6.45, 7) is 5.24. The Labute approximate surface area is 139 Å². The Bertz CT molecular complexity index is 563. The van der Waals surface area contributed by atoms with Crippen LogP contribution in [0.3, 0.4) is 0 Å². The number of hydrogen-bond donors (Lipinski definition) is 4. The lowest BCUT2D eigenvalue weighted by molar-refractivity contribution is 0.0125. The SMILES string of the molecule is CC(C)(C)OC(=O)NCCC(O)C(O)c1cc(F)cc(Cl)c1N. The van der Waals surface area contributed by atoms with E-state index < -0.39 is 29.7 Å². The quantitative estimate of drug-likeness (QED) is 0.611. The van der Waals surface area contributed by atoms with Crippen LogP contribution in [0.15, 0.2) is 12.1 Å². The van der Waals surface area contributed by atoms with Crippen molar-refractivity contribution in [3.8, 4) is 0 Å². The number of nitrogens with one attached hydrogen (secondary N) is 1. The van der Waals surface area contributed by atoms with Crippen LogP contribution in [-0.2, 0) is 4.74 Å². The number of ether oxygens (including phenoxy) is 1. The summed E-state index contributed by atoms with van der Waals surface area (Å²) < 4.78 is 18.4. The third-order valence-corrected chi connectivity index (χ3v) is 3.23. The summed E-state index contributed by atoms with van der Waals surface area (Å²) in [5.74, 6) is -0.669. The molecule has 0 aliphatic carbocycles. The van der Waals surface area contributed by atoms with Crippen LogP contribution in [-0.4, -0.2) is 34.6 Å². The zero-order chi connectivity index (χ0) is 17.8. The van der Waals surface area contributed by atoms with E-state index in [1.165, 1.54) is 0 Å². The Hall–Kier alpha value is -1.57. The second kappa shape index (κ2) is 7.81. The first kappa shape index (κ1) is 19.5. The number of aliphatic hydroxyl groups excluding tert-OH is 2. The molecule has 0 saturated heterocycles. The van der Waals surface area contributed by atoms with Crippen molar-refractivity contribution in [3.63, 3.8) is 0 Å². The lowest BCUT2D eigenvalue weighted by Gasteiger charge is -2.22. The summed E-state index contributed by atoms with van der Waals surface area (Å²) in [7, 11) is 0. The van der Waals surface area contributed by atoms with E-state index in [0.29, 0.717) is 0 Å². The van der Waals surface area contributed by atoms with Gasteiger partial charge in [-0.2, -0.15) is 0 Å². The average molecular weight is 349 g/mol. The first-order chi connectivity index (χ1) is 10.5. The van der Waals surface area contributed by atoms with E-state index in [4.69, 9.17) is 22.1 Å². The number of anilines is 1. The second-order valence-corrected chi connectivity index (χ2v) is 6.53. The highest BCUT2D eigenvalue weighted by Crippen LogP contribution is 2.31. The Morgan fingerprint density at radius 2 is 2.04 bits per heavy atom. The lowest BCUT2D eigenvalue weighted by Crippen LogP contribution is -2.34. The van der Waals surface area contributed by atoms with Gasteiger partial charge in [-0.3, -0.25) is 0 Å². The van der Waals surface area contributed by atoms with Crippen LogP contribution < -0.4 is 11.1 Å². The van der Waals surface area contributed by atoms with Crippen LogP contribution in [0.2, 0.25) is 5.02 Å². The van der Waals surface area contributed by atoms with Gasteiger partial charge in [-0.05, 0) is 39.3 Å². The minimum absolute atomic E-state index is 0.000215. The Balaban J connectivity index is 2.58. The first-order valence-electron chi connectivity index (χ1n) is 7.08. The fourth-order valence-electron chi connectivity index (χ4n) is 1.85. The van der Waals surface area contributed by atoms with Gasteiger partial charge in [0.25, 0.3) is 0 Å². The predicted molar refractivity (Wildman–Crippen MR) is 85.6 cm³/mol. The van der Waals surface area contributed by atoms with Crippen LogP contribution >= 0.6 is 11.6 Å². The molecule has 2 unspecified atom stereocenters. The summed E-state index contributed by atoms with van der Waals surface area (Å²) in [6.07, 6.45) is -3.30. The minimum atomic E-state index is -1.43. The van der Waals surface area contributed by atoms with E-state index in [9.17, 15) is 19.4 Å². The van der Waals surface area contributed by atoms with Gasteiger partial charge in [0.1, 0.15) is 17.5 Å². The van der Waals surface area contributed by atoms with Gasteiger partial charge in [0, 0.05) is 12.1 Å². The zero-order valence-corrected chi connectivity index (χ0v) is 14.0. The highest BCUT2D eigenvalue weighted by atomic mass is 35.5. The van der Waals surface area contributed by atoms with Crippen molar-refractivity contribution in [3.05, 3.63) is 28.5 Å². The molecule has 1 aromatic rings. The van der Waals surface area contributed by atoms with Crippen molar-refractivity contribution in [2.45, 2.75) is 45.0 Å². The Morgan fingerprint density at radius 3 is 2.61 bits per heavy atom. The molecule has 5 N–H and O–H groups in total. The monoisotopic (exact) mass is 348 g/mol. The van der Waals surface area contributed by atoms with Crippen LogP contribution in [0.1, 0.15) is 38.9 Å². The summed E-state index contributed by atoms with van der Waals surface area (Å²) in [5.41, 5.74) is 5.05.